The van der Waals surface area contributed by atoms with E-state index in [4.69, 9.17) is 0 Å². The second kappa shape index (κ2) is 5.82. The van der Waals surface area contributed by atoms with Crippen molar-refractivity contribution in [2.45, 2.75) is 38.2 Å². The summed E-state index contributed by atoms with van der Waals surface area (Å²) in [5.41, 5.74) is -0.238. The standard InChI is InChI=1S/C13H21NO3S/c1-13(2,3)12(15)9-10-14-18(16,17)11-7-5-4-6-8-11/h4-8,12,14-15H,9-10H2,1-3H3. The lowest BCUT2D eigenvalue weighted by atomic mass is 9.87. The van der Waals surface area contributed by atoms with Gasteiger partial charge in [-0.3, -0.25) is 0 Å². The zero-order valence-corrected chi connectivity index (χ0v) is 11.9. The Morgan fingerprint density at radius 3 is 2.28 bits per heavy atom. The van der Waals surface area contributed by atoms with Crippen molar-refractivity contribution in [2.75, 3.05) is 6.54 Å². The van der Waals surface area contributed by atoms with Crippen LogP contribution in [0, 0.1) is 5.41 Å². The summed E-state index contributed by atoms with van der Waals surface area (Å²) < 4.78 is 26.2. The number of benzene rings is 1. The minimum atomic E-state index is -3.46. The number of rotatable bonds is 5. The predicted octanol–water partition coefficient (Wildman–Crippen LogP) is 1.76. The molecule has 0 aromatic heterocycles. The molecule has 0 saturated heterocycles. The first-order chi connectivity index (χ1) is 8.23. The topological polar surface area (TPSA) is 66.4 Å². The van der Waals surface area contributed by atoms with Crippen LogP contribution in [0.4, 0.5) is 0 Å². The maximum Gasteiger partial charge on any atom is 0.240 e. The molecule has 0 saturated carbocycles. The summed E-state index contributed by atoms with van der Waals surface area (Å²) in [4.78, 5) is 0.246. The van der Waals surface area contributed by atoms with Crippen molar-refractivity contribution in [1.82, 2.24) is 4.72 Å². The predicted molar refractivity (Wildman–Crippen MR) is 71.7 cm³/mol. The quantitative estimate of drug-likeness (QED) is 0.857. The van der Waals surface area contributed by atoms with Crippen LogP contribution in [0.25, 0.3) is 0 Å². The molecule has 1 aromatic rings. The van der Waals surface area contributed by atoms with Crippen LogP contribution in [0.1, 0.15) is 27.2 Å². The molecule has 18 heavy (non-hydrogen) atoms. The van der Waals surface area contributed by atoms with Gasteiger partial charge < -0.3 is 5.11 Å². The molecule has 0 aliphatic heterocycles. The van der Waals surface area contributed by atoms with Crippen LogP contribution in [0.2, 0.25) is 0 Å². The van der Waals surface area contributed by atoms with Gasteiger partial charge in [-0.15, -0.1) is 0 Å². The van der Waals surface area contributed by atoms with Crippen molar-refractivity contribution >= 4 is 10.0 Å². The highest BCUT2D eigenvalue weighted by molar-refractivity contribution is 7.89. The third kappa shape index (κ3) is 4.40. The van der Waals surface area contributed by atoms with Crippen LogP contribution in [0.5, 0.6) is 0 Å². The van der Waals surface area contributed by atoms with E-state index in [1.54, 1.807) is 30.3 Å². The van der Waals surface area contributed by atoms with E-state index in [-0.39, 0.29) is 16.9 Å². The molecule has 1 atom stereocenters. The normalized spacial score (nSPS) is 14.4. The molecule has 0 radical (unpaired) electrons. The van der Waals surface area contributed by atoms with Crippen LogP contribution in [-0.4, -0.2) is 26.2 Å². The first-order valence-corrected chi connectivity index (χ1v) is 7.44. The van der Waals surface area contributed by atoms with Gasteiger partial charge in [0.25, 0.3) is 0 Å². The zero-order valence-electron chi connectivity index (χ0n) is 11.1. The number of hydrogen-bond donors (Lipinski definition) is 2. The highest BCUT2D eigenvalue weighted by Crippen LogP contribution is 2.21. The molecular formula is C13H21NO3S. The summed E-state index contributed by atoms with van der Waals surface area (Å²) in [6.45, 7) is 5.99. The van der Waals surface area contributed by atoms with Gasteiger partial charge in [-0.2, -0.15) is 0 Å². The average Bonchev–Trinajstić information content (AvgIpc) is 2.28. The van der Waals surface area contributed by atoms with Crippen molar-refractivity contribution in [3.8, 4) is 0 Å². The summed E-state index contributed by atoms with van der Waals surface area (Å²) in [6.07, 6.45) is -0.133. The summed E-state index contributed by atoms with van der Waals surface area (Å²) in [5, 5.41) is 9.82. The smallest absolute Gasteiger partial charge is 0.240 e. The molecule has 0 spiro atoms. The third-order valence-electron chi connectivity index (χ3n) is 2.76. The largest absolute Gasteiger partial charge is 0.393 e. The minimum absolute atomic E-state index is 0.232. The third-order valence-corrected chi connectivity index (χ3v) is 4.24. The fourth-order valence-corrected chi connectivity index (χ4v) is 2.51. The van der Waals surface area contributed by atoms with Gasteiger partial charge in [-0.1, -0.05) is 39.0 Å². The van der Waals surface area contributed by atoms with Crippen molar-refractivity contribution < 1.29 is 13.5 Å². The average molecular weight is 271 g/mol. The number of aliphatic hydroxyl groups is 1. The molecule has 102 valence electrons. The highest BCUT2D eigenvalue weighted by atomic mass is 32.2. The first kappa shape index (κ1) is 15.1. The van der Waals surface area contributed by atoms with Crippen LogP contribution < -0.4 is 4.72 Å². The Hall–Kier alpha value is -0.910. The van der Waals surface area contributed by atoms with Crippen LogP contribution in [0.3, 0.4) is 0 Å². The van der Waals surface area contributed by atoms with Crippen LogP contribution in [-0.2, 0) is 10.0 Å². The molecule has 0 amide bonds. The van der Waals surface area contributed by atoms with E-state index in [1.165, 1.54) is 0 Å². The fourth-order valence-electron chi connectivity index (χ4n) is 1.45. The van der Waals surface area contributed by atoms with E-state index in [9.17, 15) is 13.5 Å². The molecule has 1 rings (SSSR count). The van der Waals surface area contributed by atoms with Gasteiger partial charge in [-0.25, -0.2) is 13.1 Å². The zero-order chi connectivity index (χ0) is 13.8. The maximum absolute atomic E-state index is 11.9. The Balaban J connectivity index is 2.54. The lowest BCUT2D eigenvalue weighted by Gasteiger charge is -2.25. The van der Waals surface area contributed by atoms with Crippen molar-refractivity contribution in [1.29, 1.82) is 0 Å². The molecule has 4 nitrogen and oxygen atoms in total. The molecule has 0 aliphatic rings. The fraction of sp³-hybridized carbons (Fsp3) is 0.538. The number of hydrogen-bond acceptors (Lipinski definition) is 3. The number of nitrogens with one attached hydrogen (secondary N) is 1. The van der Waals surface area contributed by atoms with E-state index < -0.39 is 16.1 Å². The van der Waals surface area contributed by atoms with Gasteiger partial charge in [0.1, 0.15) is 0 Å². The Morgan fingerprint density at radius 2 is 1.78 bits per heavy atom. The Bertz CT molecular complexity index is 463. The lowest BCUT2D eigenvalue weighted by Crippen LogP contribution is -2.32. The molecule has 1 unspecified atom stereocenters. The van der Waals surface area contributed by atoms with Gasteiger partial charge >= 0.3 is 0 Å². The summed E-state index contributed by atoms with van der Waals surface area (Å²) in [5.74, 6) is 0. The maximum atomic E-state index is 11.9. The SMILES string of the molecule is CC(C)(C)C(O)CCNS(=O)(=O)c1ccccc1. The molecule has 0 fully saturated rings. The molecule has 0 aliphatic carbocycles. The summed E-state index contributed by atoms with van der Waals surface area (Å²) >= 11 is 0. The van der Waals surface area contributed by atoms with Gasteiger partial charge in [0, 0.05) is 6.54 Å². The Labute approximate surface area is 109 Å². The van der Waals surface area contributed by atoms with E-state index in [0.717, 1.165) is 0 Å². The van der Waals surface area contributed by atoms with Crippen molar-refractivity contribution in [3.05, 3.63) is 30.3 Å². The van der Waals surface area contributed by atoms with Crippen LogP contribution in [0.15, 0.2) is 35.2 Å². The molecule has 0 heterocycles. The monoisotopic (exact) mass is 271 g/mol. The minimum Gasteiger partial charge on any atom is -0.393 e. The second-order valence-electron chi connectivity index (χ2n) is 5.38. The molecule has 5 heteroatoms. The Morgan fingerprint density at radius 1 is 1.22 bits per heavy atom. The highest BCUT2D eigenvalue weighted by Gasteiger charge is 2.22. The molecule has 1 aromatic carbocycles. The van der Waals surface area contributed by atoms with Gasteiger partial charge in [0.15, 0.2) is 0 Å². The lowest BCUT2D eigenvalue weighted by molar-refractivity contribution is 0.0571. The van der Waals surface area contributed by atoms with Crippen molar-refractivity contribution in [2.24, 2.45) is 5.41 Å². The van der Waals surface area contributed by atoms with Gasteiger partial charge in [0.05, 0.1) is 11.0 Å². The van der Waals surface area contributed by atoms with E-state index in [0.29, 0.717) is 6.42 Å². The van der Waals surface area contributed by atoms with E-state index in [1.807, 2.05) is 20.8 Å². The summed E-state index contributed by atoms with van der Waals surface area (Å²) in [6, 6.07) is 8.21. The summed E-state index contributed by atoms with van der Waals surface area (Å²) in [7, 11) is -3.46. The van der Waals surface area contributed by atoms with Gasteiger partial charge in [-0.05, 0) is 24.0 Å². The first-order valence-electron chi connectivity index (χ1n) is 5.96. The van der Waals surface area contributed by atoms with Crippen molar-refractivity contribution in [3.63, 3.8) is 0 Å². The number of sulfonamides is 1. The van der Waals surface area contributed by atoms with E-state index in [2.05, 4.69) is 4.72 Å². The molecule has 2 N–H and O–H groups in total. The molecular weight excluding hydrogens is 250 g/mol. The molecule has 0 bridgehead atoms. The van der Waals surface area contributed by atoms with E-state index >= 15 is 0 Å². The Kier molecular flexibility index (Phi) is 4.90. The second-order valence-corrected chi connectivity index (χ2v) is 7.15. The van der Waals surface area contributed by atoms with Gasteiger partial charge in [0.2, 0.25) is 10.0 Å². The van der Waals surface area contributed by atoms with Crippen LogP contribution >= 0.6 is 0 Å². The number of aliphatic hydroxyl groups excluding tert-OH is 1.